The van der Waals surface area contributed by atoms with E-state index in [-0.39, 0.29) is 12.4 Å². The van der Waals surface area contributed by atoms with Crippen LogP contribution in [0, 0.1) is 19.8 Å². The van der Waals surface area contributed by atoms with Gasteiger partial charge in [-0.25, -0.2) is 4.98 Å². The summed E-state index contributed by atoms with van der Waals surface area (Å²) in [6, 6.07) is 9.65. The molecule has 2 aromatic heterocycles. The highest BCUT2D eigenvalue weighted by Crippen LogP contribution is 2.33. The van der Waals surface area contributed by atoms with Crippen molar-refractivity contribution >= 4 is 46.1 Å². The lowest BCUT2D eigenvalue weighted by Gasteiger charge is -2.23. The first-order chi connectivity index (χ1) is 13.5. The van der Waals surface area contributed by atoms with Gasteiger partial charge in [0.1, 0.15) is 11.3 Å². The molecule has 4 rings (SSSR count). The number of benzene rings is 1. The molecule has 0 amide bonds. The average Bonchev–Trinajstić information content (AvgIpc) is 2.95. The fourth-order valence-electron chi connectivity index (χ4n) is 4.39. The number of rotatable bonds is 5. The summed E-state index contributed by atoms with van der Waals surface area (Å²) in [7, 11) is 0. The molecule has 0 saturated heterocycles. The second-order valence-electron chi connectivity index (χ2n) is 7.95. The Labute approximate surface area is 187 Å². The number of nitrogens with zero attached hydrogens (tertiary/aromatic N) is 2. The Balaban J connectivity index is 0.00000240. The molecule has 1 aromatic carbocycles. The van der Waals surface area contributed by atoms with Crippen LogP contribution >= 0.6 is 24.0 Å². The molecule has 1 atom stereocenters. The normalized spacial score (nSPS) is 16.0. The topological polar surface area (TPSA) is 40.9 Å². The predicted molar refractivity (Wildman–Crippen MR) is 125 cm³/mol. The van der Waals surface area contributed by atoms with Gasteiger partial charge in [-0.1, -0.05) is 43.0 Å². The molecule has 3 nitrogen and oxygen atoms in total. The van der Waals surface area contributed by atoms with E-state index in [9.17, 15) is 4.55 Å². The Morgan fingerprint density at radius 2 is 1.79 bits per heavy atom. The van der Waals surface area contributed by atoms with Gasteiger partial charge in [0, 0.05) is 45.6 Å². The van der Waals surface area contributed by atoms with Gasteiger partial charge in [-0.15, -0.1) is 12.4 Å². The highest BCUT2D eigenvalue weighted by atomic mass is 35.5. The van der Waals surface area contributed by atoms with Gasteiger partial charge in [0.2, 0.25) is 0 Å². The molecule has 6 heteroatoms. The van der Waals surface area contributed by atoms with Crippen molar-refractivity contribution in [2.75, 3.05) is 0 Å². The zero-order chi connectivity index (χ0) is 19.7. The van der Waals surface area contributed by atoms with Gasteiger partial charge < -0.3 is 9.12 Å². The Morgan fingerprint density at radius 1 is 1.10 bits per heavy atom. The van der Waals surface area contributed by atoms with Gasteiger partial charge in [0.05, 0.1) is 0 Å². The van der Waals surface area contributed by atoms with E-state index in [1.54, 1.807) is 6.20 Å². The molecule has 0 spiro atoms. The first-order valence-corrected chi connectivity index (χ1v) is 11.8. The first-order valence-electron chi connectivity index (χ1n) is 10.1. The van der Waals surface area contributed by atoms with E-state index in [0.29, 0.717) is 21.7 Å². The minimum Gasteiger partial charge on any atom is -0.610 e. The molecule has 1 unspecified atom stereocenters. The van der Waals surface area contributed by atoms with Crippen molar-refractivity contribution in [3.8, 4) is 0 Å². The largest absolute Gasteiger partial charge is 0.610 e. The number of hydrogen-bond donors (Lipinski definition) is 0. The fraction of sp³-hybridized carbons (Fsp3) is 0.435. The van der Waals surface area contributed by atoms with Crippen LogP contribution < -0.4 is 0 Å². The maximum Gasteiger partial charge on any atom is 0.269 e. The zero-order valence-corrected chi connectivity index (χ0v) is 19.4. The van der Waals surface area contributed by atoms with Gasteiger partial charge in [-0.2, -0.15) is 0 Å². The summed E-state index contributed by atoms with van der Waals surface area (Å²) < 4.78 is 15.7. The highest BCUT2D eigenvalue weighted by Gasteiger charge is 2.25. The summed E-state index contributed by atoms with van der Waals surface area (Å²) in [5, 5.41) is 2.59. The van der Waals surface area contributed by atoms with E-state index in [1.165, 1.54) is 48.7 Å². The third kappa shape index (κ3) is 4.77. The van der Waals surface area contributed by atoms with Crippen molar-refractivity contribution < 1.29 is 4.55 Å². The van der Waals surface area contributed by atoms with Gasteiger partial charge in [-0.3, -0.25) is 0 Å². The van der Waals surface area contributed by atoms with Crippen LogP contribution in [0.25, 0.3) is 10.9 Å². The summed E-state index contributed by atoms with van der Waals surface area (Å²) in [5.41, 5.74) is 4.63. The molecule has 1 aliphatic carbocycles. The highest BCUT2D eigenvalue weighted by molar-refractivity contribution is 7.90. The smallest absolute Gasteiger partial charge is 0.269 e. The first kappa shape index (κ1) is 22.5. The number of fused-ring (bicyclic) bond motifs is 1. The molecule has 29 heavy (non-hydrogen) atoms. The van der Waals surface area contributed by atoms with Crippen LogP contribution in [0.1, 0.15) is 48.9 Å². The molecule has 0 bridgehead atoms. The maximum atomic E-state index is 13.3. The van der Waals surface area contributed by atoms with Gasteiger partial charge in [-0.05, 0) is 56.4 Å². The van der Waals surface area contributed by atoms with Gasteiger partial charge >= 0.3 is 0 Å². The van der Waals surface area contributed by atoms with E-state index in [1.807, 2.05) is 24.3 Å². The number of pyridine rings is 1. The Hall–Kier alpha value is -1.20. The summed E-state index contributed by atoms with van der Waals surface area (Å²) in [6.45, 7) is 5.36. The van der Waals surface area contributed by atoms with Crippen LogP contribution in [0.3, 0.4) is 0 Å². The van der Waals surface area contributed by atoms with Crippen LogP contribution in [-0.2, 0) is 23.5 Å². The Kier molecular flexibility index (Phi) is 7.55. The molecule has 0 aliphatic heterocycles. The van der Waals surface area contributed by atoms with E-state index in [0.717, 1.165) is 17.6 Å². The van der Waals surface area contributed by atoms with Crippen molar-refractivity contribution in [3.05, 3.63) is 58.4 Å². The summed E-state index contributed by atoms with van der Waals surface area (Å²) in [4.78, 5) is 4.58. The number of aromatic nitrogens is 2. The van der Waals surface area contributed by atoms with E-state index in [2.05, 4.69) is 29.5 Å². The fourth-order valence-corrected chi connectivity index (χ4v) is 5.76. The molecule has 0 radical (unpaired) electrons. The second-order valence-corrected chi connectivity index (χ2v) is 9.76. The minimum absolute atomic E-state index is 0. The van der Waals surface area contributed by atoms with E-state index < -0.39 is 11.2 Å². The number of hydrogen-bond acceptors (Lipinski definition) is 2. The van der Waals surface area contributed by atoms with Crippen molar-refractivity contribution in [2.45, 2.75) is 63.3 Å². The monoisotopic (exact) mass is 450 g/mol. The SMILES string of the molecule is Cc1c(C)n(CC2CCCCC2)c2c([S+]([O-])Cc3ccc(Cl)cc3)nccc12.Cl. The predicted octanol–water partition coefficient (Wildman–Crippen LogP) is 6.62. The lowest BCUT2D eigenvalue weighted by Crippen LogP contribution is -2.17. The average molecular weight is 451 g/mol. The molecule has 1 saturated carbocycles. The molecule has 3 aromatic rings. The molecule has 156 valence electrons. The molecule has 1 aliphatic rings. The van der Waals surface area contributed by atoms with Crippen LogP contribution in [0.4, 0.5) is 0 Å². The van der Waals surface area contributed by atoms with Gasteiger partial charge in [0.25, 0.3) is 5.03 Å². The molecular formula is C23H28Cl2N2OS. The molecule has 0 N–H and O–H groups in total. The number of halogens is 2. The van der Waals surface area contributed by atoms with Gasteiger partial charge in [0.15, 0.2) is 0 Å². The van der Waals surface area contributed by atoms with Crippen molar-refractivity contribution in [2.24, 2.45) is 5.92 Å². The van der Waals surface area contributed by atoms with Crippen LogP contribution in [0.5, 0.6) is 0 Å². The standard InChI is InChI=1S/C23H27ClN2OS.ClH/c1-16-17(2)26(14-18-6-4-3-5-7-18)22-21(16)12-13-25-23(22)28(27)15-19-8-10-20(24)11-9-19;/h8-13,18H,3-7,14-15H2,1-2H3;1H. The lowest BCUT2D eigenvalue weighted by molar-refractivity contribution is 0.320. The second kappa shape index (κ2) is 9.74. The van der Waals surface area contributed by atoms with Crippen molar-refractivity contribution in [1.82, 2.24) is 9.55 Å². The van der Waals surface area contributed by atoms with Crippen molar-refractivity contribution in [3.63, 3.8) is 0 Å². The van der Waals surface area contributed by atoms with Crippen LogP contribution in [-0.4, -0.2) is 14.1 Å². The zero-order valence-electron chi connectivity index (χ0n) is 17.0. The lowest BCUT2D eigenvalue weighted by atomic mass is 9.89. The van der Waals surface area contributed by atoms with E-state index >= 15 is 0 Å². The quantitative estimate of drug-likeness (QED) is 0.409. The molecular weight excluding hydrogens is 423 g/mol. The maximum absolute atomic E-state index is 13.3. The summed E-state index contributed by atoms with van der Waals surface area (Å²) >= 11 is 4.78. The molecule has 2 heterocycles. The third-order valence-electron chi connectivity index (χ3n) is 6.10. The Bertz CT molecular complexity index is 965. The minimum atomic E-state index is -1.20. The third-order valence-corrected chi connectivity index (χ3v) is 7.68. The summed E-state index contributed by atoms with van der Waals surface area (Å²) in [5.74, 6) is 1.16. The van der Waals surface area contributed by atoms with E-state index in [4.69, 9.17) is 11.6 Å². The summed E-state index contributed by atoms with van der Waals surface area (Å²) in [6.07, 6.45) is 8.40. The Morgan fingerprint density at radius 3 is 2.48 bits per heavy atom. The molecule has 1 fully saturated rings. The van der Waals surface area contributed by atoms with Crippen LogP contribution in [0.2, 0.25) is 5.02 Å². The van der Waals surface area contributed by atoms with Crippen molar-refractivity contribution in [1.29, 1.82) is 0 Å². The van der Waals surface area contributed by atoms with Crippen LogP contribution in [0.15, 0.2) is 41.6 Å². The number of aryl methyl sites for hydroxylation is 1.